The van der Waals surface area contributed by atoms with E-state index in [1.54, 1.807) is 0 Å². The summed E-state index contributed by atoms with van der Waals surface area (Å²) in [6.45, 7) is 4.16. The lowest BCUT2D eigenvalue weighted by molar-refractivity contribution is 0.372. The zero-order valence-electron chi connectivity index (χ0n) is 14.6. The number of aromatic nitrogens is 5. The lowest BCUT2D eigenvalue weighted by Crippen LogP contribution is -2.32. The van der Waals surface area contributed by atoms with Crippen molar-refractivity contribution in [1.82, 2.24) is 29.5 Å². The number of aryl methyl sites for hydroxylation is 1. The second kappa shape index (κ2) is 6.70. The number of fused-ring (bicyclic) bond motifs is 2. The second-order valence-corrected chi connectivity index (χ2v) is 6.66. The Hall–Kier alpha value is -2.44. The molecule has 1 aliphatic heterocycles. The summed E-state index contributed by atoms with van der Waals surface area (Å²) in [5.74, 6) is 1.04. The van der Waals surface area contributed by atoms with Gasteiger partial charge in [0.25, 0.3) is 0 Å². The summed E-state index contributed by atoms with van der Waals surface area (Å²) in [7, 11) is 0. The highest BCUT2D eigenvalue weighted by Gasteiger charge is 2.21. The largest absolute Gasteiger partial charge is 0.315 e. The third kappa shape index (κ3) is 2.66. The van der Waals surface area contributed by atoms with Crippen LogP contribution in [0.25, 0.3) is 27.9 Å². The third-order valence-corrected chi connectivity index (χ3v) is 5.05. The van der Waals surface area contributed by atoms with Gasteiger partial charge in [-0.15, -0.1) is 12.4 Å². The van der Waals surface area contributed by atoms with E-state index in [2.05, 4.69) is 34.0 Å². The van der Waals surface area contributed by atoms with E-state index in [1.165, 1.54) is 12.8 Å². The van der Waals surface area contributed by atoms with Gasteiger partial charge in [0.05, 0.1) is 17.4 Å². The van der Waals surface area contributed by atoms with E-state index >= 15 is 0 Å². The lowest BCUT2D eigenvalue weighted by Gasteiger charge is -2.25. The van der Waals surface area contributed by atoms with Gasteiger partial charge in [-0.2, -0.15) is 5.10 Å². The van der Waals surface area contributed by atoms with Crippen LogP contribution in [-0.2, 0) is 0 Å². The third-order valence-electron chi connectivity index (χ3n) is 5.05. The van der Waals surface area contributed by atoms with Gasteiger partial charge < -0.3 is 9.88 Å². The molecule has 0 aromatic carbocycles. The average molecular weight is 369 g/mol. The first-order valence-corrected chi connectivity index (χ1v) is 8.80. The van der Waals surface area contributed by atoms with Gasteiger partial charge in [-0.3, -0.25) is 0 Å². The van der Waals surface area contributed by atoms with Gasteiger partial charge in [0.2, 0.25) is 0 Å². The SMILES string of the molecule is Cc1nc2ccc(-c3cnn4ccccc34)nc2n1C1CCCNC1.Cl. The van der Waals surface area contributed by atoms with Crippen molar-refractivity contribution < 1.29 is 0 Å². The van der Waals surface area contributed by atoms with Crippen LogP contribution in [-0.4, -0.2) is 37.2 Å². The molecular weight excluding hydrogens is 348 g/mol. The molecule has 1 fully saturated rings. The zero-order chi connectivity index (χ0) is 16.8. The molecule has 4 aromatic rings. The summed E-state index contributed by atoms with van der Waals surface area (Å²) in [5.41, 5.74) is 4.99. The van der Waals surface area contributed by atoms with Crippen LogP contribution in [0.15, 0.2) is 42.7 Å². The van der Waals surface area contributed by atoms with Crippen molar-refractivity contribution in [2.75, 3.05) is 13.1 Å². The topological polar surface area (TPSA) is 60.0 Å². The summed E-state index contributed by atoms with van der Waals surface area (Å²) in [4.78, 5) is 9.71. The molecule has 26 heavy (non-hydrogen) atoms. The molecule has 7 heteroatoms. The van der Waals surface area contributed by atoms with E-state index in [0.29, 0.717) is 6.04 Å². The molecule has 0 amide bonds. The van der Waals surface area contributed by atoms with Gasteiger partial charge in [0, 0.05) is 24.3 Å². The van der Waals surface area contributed by atoms with Crippen LogP contribution in [0.1, 0.15) is 24.7 Å². The fourth-order valence-corrected chi connectivity index (χ4v) is 3.86. The van der Waals surface area contributed by atoms with Gasteiger partial charge in [-0.25, -0.2) is 14.5 Å². The van der Waals surface area contributed by atoms with E-state index in [-0.39, 0.29) is 12.4 Å². The molecular formula is C19H21ClN6. The van der Waals surface area contributed by atoms with Gasteiger partial charge in [0.15, 0.2) is 5.65 Å². The molecule has 0 saturated carbocycles. The molecule has 1 saturated heterocycles. The number of rotatable bonds is 2. The van der Waals surface area contributed by atoms with Crippen molar-refractivity contribution >= 4 is 29.1 Å². The van der Waals surface area contributed by atoms with Crippen LogP contribution >= 0.6 is 12.4 Å². The minimum Gasteiger partial charge on any atom is -0.315 e. The van der Waals surface area contributed by atoms with E-state index in [9.17, 15) is 0 Å². The van der Waals surface area contributed by atoms with Crippen LogP contribution in [0, 0.1) is 6.92 Å². The molecule has 5 rings (SSSR count). The number of hydrogen-bond donors (Lipinski definition) is 1. The van der Waals surface area contributed by atoms with Crippen LogP contribution in [0.3, 0.4) is 0 Å². The molecule has 134 valence electrons. The first kappa shape index (κ1) is 17.0. The monoisotopic (exact) mass is 368 g/mol. The molecule has 4 aromatic heterocycles. The maximum Gasteiger partial charge on any atom is 0.160 e. The molecule has 0 spiro atoms. The number of piperidine rings is 1. The van der Waals surface area contributed by atoms with Crippen molar-refractivity contribution in [1.29, 1.82) is 0 Å². The van der Waals surface area contributed by atoms with Crippen LogP contribution in [0.4, 0.5) is 0 Å². The summed E-state index contributed by atoms with van der Waals surface area (Å²) in [6.07, 6.45) is 6.21. The van der Waals surface area contributed by atoms with Crippen molar-refractivity contribution in [3.05, 3.63) is 48.5 Å². The quantitative estimate of drug-likeness (QED) is 0.589. The highest BCUT2D eigenvalue weighted by molar-refractivity contribution is 5.85. The van der Waals surface area contributed by atoms with E-state index < -0.39 is 0 Å². The Balaban J connectivity index is 0.00000168. The number of nitrogens with one attached hydrogen (secondary N) is 1. The van der Waals surface area contributed by atoms with E-state index in [1.807, 2.05) is 35.1 Å². The smallest absolute Gasteiger partial charge is 0.160 e. The zero-order valence-corrected chi connectivity index (χ0v) is 15.4. The van der Waals surface area contributed by atoms with Gasteiger partial charge in [-0.05, 0) is 50.6 Å². The summed E-state index contributed by atoms with van der Waals surface area (Å²) in [5, 5.41) is 7.93. The Morgan fingerprint density at radius 2 is 2.08 bits per heavy atom. The van der Waals surface area contributed by atoms with E-state index in [0.717, 1.165) is 46.9 Å². The predicted octanol–water partition coefficient (Wildman–Crippen LogP) is 3.40. The average Bonchev–Trinajstić information content (AvgIpc) is 3.22. The normalized spacial score (nSPS) is 17.5. The number of nitrogens with zero attached hydrogens (tertiary/aromatic N) is 5. The Morgan fingerprint density at radius 1 is 1.15 bits per heavy atom. The highest BCUT2D eigenvalue weighted by atomic mass is 35.5. The highest BCUT2D eigenvalue weighted by Crippen LogP contribution is 2.28. The van der Waals surface area contributed by atoms with Crippen molar-refractivity contribution in [2.45, 2.75) is 25.8 Å². The molecule has 1 atom stereocenters. The van der Waals surface area contributed by atoms with Crippen molar-refractivity contribution in [3.63, 3.8) is 0 Å². The van der Waals surface area contributed by atoms with Crippen molar-refractivity contribution in [3.8, 4) is 11.3 Å². The van der Waals surface area contributed by atoms with Crippen molar-refractivity contribution in [2.24, 2.45) is 0 Å². The van der Waals surface area contributed by atoms with Gasteiger partial charge in [0.1, 0.15) is 11.3 Å². The molecule has 5 heterocycles. The van der Waals surface area contributed by atoms with Crippen LogP contribution < -0.4 is 5.32 Å². The maximum absolute atomic E-state index is 4.98. The lowest BCUT2D eigenvalue weighted by atomic mass is 10.1. The summed E-state index contributed by atoms with van der Waals surface area (Å²) >= 11 is 0. The fraction of sp³-hybridized carbons (Fsp3) is 0.316. The van der Waals surface area contributed by atoms with Crippen LogP contribution in [0.5, 0.6) is 0 Å². The van der Waals surface area contributed by atoms with Gasteiger partial charge >= 0.3 is 0 Å². The summed E-state index contributed by atoms with van der Waals surface area (Å²) < 4.78 is 4.19. The van der Waals surface area contributed by atoms with E-state index in [4.69, 9.17) is 9.97 Å². The molecule has 0 radical (unpaired) electrons. The maximum atomic E-state index is 4.98. The Bertz CT molecular complexity index is 1060. The standard InChI is InChI=1S/C19H20N6.ClH/c1-13-22-17-8-7-16(15-12-21-24-10-3-2-6-18(15)24)23-19(17)25(13)14-5-4-9-20-11-14;/h2-3,6-8,10,12,14,20H,4-5,9,11H2,1H3;1H. The molecule has 1 N–H and O–H groups in total. The minimum atomic E-state index is 0. The fourth-order valence-electron chi connectivity index (χ4n) is 3.86. The first-order chi connectivity index (χ1) is 12.3. The number of halogens is 1. The number of pyridine rings is 2. The molecule has 1 unspecified atom stereocenters. The predicted molar refractivity (Wildman–Crippen MR) is 105 cm³/mol. The molecule has 6 nitrogen and oxygen atoms in total. The molecule has 1 aliphatic rings. The molecule has 0 bridgehead atoms. The second-order valence-electron chi connectivity index (χ2n) is 6.66. The Morgan fingerprint density at radius 3 is 2.92 bits per heavy atom. The Kier molecular flexibility index (Phi) is 4.38. The molecule has 0 aliphatic carbocycles. The first-order valence-electron chi connectivity index (χ1n) is 8.80. The summed E-state index contributed by atoms with van der Waals surface area (Å²) in [6, 6.07) is 10.6. The number of imidazole rings is 1. The van der Waals surface area contributed by atoms with Crippen LogP contribution in [0.2, 0.25) is 0 Å². The Labute approximate surface area is 157 Å². The minimum absolute atomic E-state index is 0. The number of hydrogen-bond acceptors (Lipinski definition) is 4. The van der Waals surface area contributed by atoms with Gasteiger partial charge in [-0.1, -0.05) is 6.07 Å².